The van der Waals surface area contributed by atoms with Crippen LogP contribution in [-0.2, 0) is 9.53 Å². The topological polar surface area (TPSA) is 26.3 Å². The first-order valence-corrected chi connectivity index (χ1v) is 6.07. The van der Waals surface area contributed by atoms with E-state index in [9.17, 15) is 4.79 Å². The lowest BCUT2D eigenvalue weighted by Gasteiger charge is -2.18. The maximum Gasteiger partial charge on any atom is 0.344 e. The highest BCUT2D eigenvalue weighted by molar-refractivity contribution is 9.12. The van der Waals surface area contributed by atoms with Gasteiger partial charge in [0.05, 0.1) is 11.1 Å². The molecule has 0 radical (unpaired) electrons. The van der Waals surface area contributed by atoms with Gasteiger partial charge >= 0.3 is 5.97 Å². The maximum atomic E-state index is 11.3. The van der Waals surface area contributed by atoms with Crippen LogP contribution in [0.5, 0.6) is 0 Å². The number of esters is 1. The summed E-state index contributed by atoms with van der Waals surface area (Å²) in [7, 11) is 0. The molecule has 1 saturated carbocycles. The molecule has 0 aliphatic heterocycles. The lowest BCUT2D eigenvalue weighted by Crippen LogP contribution is -2.08. The van der Waals surface area contributed by atoms with Gasteiger partial charge in [0.1, 0.15) is 0 Å². The van der Waals surface area contributed by atoms with Crippen LogP contribution in [0.4, 0.5) is 0 Å². The summed E-state index contributed by atoms with van der Waals surface area (Å²) in [5.74, 6) is 0.320. The van der Waals surface area contributed by atoms with Crippen molar-refractivity contribution in [1.82, 2.24) is 0 Å². The lowest BCUT2D eigenvalue weighted by atomic mass is 9.89. The molecule has 1 rings (SSSR count). The molecular formula is C11H17BrO2. The molecule has 0 heterocycles. The molecule has 0 saturated heterocycles. The maximum absolute atomic E-state index is 11.3. The van der Waals surface area contributed by atoms with Crippen LogP contribution in [0.1, 0.15) is 39.0 Å². The zero-order valence-electron chi connectivity index (χ0n) is 8.59. The Kier molecular flexibility index (Phi) is 5.23. The summed E-state index contributed by atoms with van der Waals surface area (Å²) in [4.78, 5) is 11.3. The number of hydrogen-bond acceptors (Lipinski definition) is 2. The van der Waals surface area contributed by atoms with Crippen molar-refractivity contribution in [2.75, 3.05) is 6.61 Å². The summed E-state index contributed by atoms with van der Waals surface area (Å²) >= 11 is 3.27. The van der Waals surface area contributed by atoms with Gasteiger partial charge in [0.25, 0.3) is 0 Å². The minimum absolute atomic E-state index is 0.238. The molecule has 0 amide bonds. The highest BCUT2D eigenvalue weighted by atomic mass is 79.9. The minimum Gasteiger partial charge on any atom is -0.462 e. The average Bonchev–Trinajstić information content (AvgIpc) is 2.19. The molecule has 1 fully saturated rings. The molecule has 3 heteroatoms. The molecule has 0 bridgehead atoms. The van der Waals surface area contributed by atoms with E-state index in [1.54, 1.807) is 0 Å². The second-order valence-corrected chi connectivity index (χ2v) is 4.49. The molecule has 0 spiro atoms. The first-order valence-electron chi connectivity index (χ1n) is 5.28. The monoisotopic (exact) mass is 260 g/mol. The molecule has 0 aromatic carbocycles. The van der Waals surface area contributed by atoms with Gasteiger partial charge in [-0.3, -0.25) is 0 Å². The van der Waals surface area contributed by atoms with E-state index < -0.39 is 0 Å². The largest absolute Gasteiger partial charge is 0.462 e. The van der Waals surface area contributed by atoms with Crippen molar-refractivity contribution < 1.29 is 9.53 Å². The number of ether oxygens (including phenoxy) is 1. The van der Waals surface area contributed by atoms with Gasteiger partial charge in [-0.1, -0.05) is 25.3 Å². The van der Waals surface area contributed by atoms with Gasteiger partial charge in [0, 0.05) is 0 Å². The van der Waals surface area contributed by atoms with Gasteiger partial charge in [-0.25, -0.2) is 4.79 Å². The van der Waals surface area contributed by atoms with Crippen LogP contribution in [0.15, 0.2) is 10.6 Å². The van der Waals surface area contributed by atoms with Crippen molar-refractivity contribution in [1.29, 1.82) is 0 Å². The van der Waals surface area contributed by atoms with Crippen molar-refractivity contribution in [3.63, 3.8) is 0 Å². The van der Waals surface area contributed by atoms with Crippen LogP contribution < -0.4 is 0 Å². The van der Waals surface area contributed by atoms with Gasteiger partial charge < -0.3 is 4.74 Å². The van der Waals surface area contributed by atoms with Crippen LogP contribution in [0.2, 0.25) is 0 Å². The Hall–Kier alpha value is -0.310. The second-order valence-electron chi connectivity index (χ2n) is 3.63. The molecule has 0 aromatic rings. The number of hydrogen-bond donors (Lipinski definition) is 0. The average molecular weight is 261 g/mol. The first kappa shape index (κ1) is 11.8. The Bertz CT molecular complexity index is 217. The van der Waals surface area contributed by atoms with Crippen molar-refractivity contribution >= 4 is 21.9 Å². The van der Waals surface area contributed by atoms with Gasteiger partial charge in [-0.05, 0) is 41.6 Å². The number of carbonyl (C=O) groups excluding carboxylic acids is 1. The van der Waals surface area contributed by atoms with E-state index in [0.717, 1.165) is 0 Å². The molecule has 1 aliphatic carbocycles. The van der Waals surface area contributed by atoms with Crippen LogP contribution in [-0.4, -0.2) is 12.6 Å². The van der Waals surface area contributed by atoms with E-state index in [-0.39, 0.29) is 5.97 Å². The van der Waals surface area contributed by atoms with Crippen LogP contribution in [0.25, 0.3) is 0 Å². The number of rotatable bonds is 3. The van der Waals surface area contributed by atoms with Gasteiger partial charge in [-0.2, -0.15) is 0 Å². The molecule has 1 aliphatic rings. The summed E-state index contributed by atoms with van der Waals surface area (Å²) in [6.07, 6.45) is 8.32. The fourth-order valence-electron chi connectivity index (χ4n) is 1.78. The van der Waals surface area contributed by atoms with E-state index in [1.807, 2.05) is 13.0 Å². The van der Waals surface area contributed by atoms with E-state index >= 15 is 0 Å². The molecule has 0 unspecified atom stereocenters. The highest BCUT2D eigenvalue weighted by Gasteiger charge is 2.14. The minimum atomic E-state index is -0.238. The predicted octanol–water partition coefficient (Wildman–Crippen LogP) is 3.41. The van der Waals surface area contributed by atoms with Crippen molar-refractivity contribution in [2.45, 2.75) is 39.0 Å². The zero-order chi connectivity index (χ0) is 10.4. The Balaban J connectivity index is 2.44. The molecule has 2 nitrogen and oxygen atoms in total. The van der Waals surface area contributed by atoms with Crippen molar-refractivity contribution in [3.05, 3.63) is 10.6 Å². The predicted molar refractivity (Wildman–Crippen MR) is 60.2 cm³/mol. The summed E-state index contributed by atoms with van der Waals surface area (Å²) in [5.41, 5.74) is 0. The SMILES string of the molecule is CCOC(=O)C(Br)=CC1CCCCC1. The fraction of sp³-hybridized carbons (Fsp3) is 0.727. The zero-order valence-corrected chi connectivity index (χ0v) is 10.2. The summed E-state index contributed by atoms with van der Waals surface area (Å²) in [6, 6.07) is 0. The van der Waals surface area contributed by atoms with Crippen molar-refractivity contribution in [2.24, 2.45) is 5.92 Å². The molecule has 0 atom stereocenters. The van der Waals surface area contributed by atoms with Crippen LogP contribution in [0.3, 0.4) is 0 Å². The molecule has 14 heavy (non-hydrogen) atoms. The Labute approximate surface area is 93.8 Å². The molecule has 0 N–H and O–H groups in total. The Morgan fingerprint density at radius 2 is 2.07 bits per heavy atom. The molecular weight excluding hydrogens is 244 g/mol. The Morgan fingerprint density at radius 1 is 1.43 bits per heavy atom. The third kappa shape index (κ3) is 3.82. The standard InChI is InChI=1S/C11H17BrO2/c1-2-14-11(13)10(12)8-9-6-4-3-5-7-9/h8-9H,2-7H2,1H3. The normalized spacial score (nSPS) is 19.4. The Morgan fingerprint density at radius 3 is 2.64 bits per heavy atom. The molecule has 80 valence electrons. The van der Waals surface area contributed by atoms with E-state index in [1.165, 1.54) is 32.1 Å². The third-order valence-electron chi connectivity index (χ3n) is 2.50. The van der Waals surface area contributed by atoms with E-state index in [0.29, 0.717) is 17.0 Å². The summed E-state index contributed by atoms with van der Waals surface area (Å²) in [5, 5.41) is 0. The summed E-state index contributed by atoms with van der Waals surface area (Å²) < 4.78 is 5.48. The van der Waals surface area contributed by atoms with Crippen LogP contribution >= 0.6 is 15.9 Å². The van der Waals surface area contributed by atoms with Gasteiger partial charge in [0.2, 0.25) is 0 Å². The quantitative estimate of drug-likeness (QED) is 0.574. The number of allylic oxidation sites excluding steroid dienone is 1. The molecule has 0 aromatic heterocycles. The third-order valence-corrected chi connectivity index (χ3v) is 3.09. The fourth-order valence-corrected chi connectivity index (χ4v) is 2.26. The number of carbonyl (C=O) groups is 1. The second kappa shape index (κ2) is 6.23. The lowest BCUT2D eigenvalue weighted by molar-refractivity contribution is -0.137. The van der Waals surface area contributed by atoms with Crippen LogP contribution in [0, 0.1) is 5.92 Å². The smallest absolute Gasteiger partial charge is 0.344 e. The van der Waals surface area contributed by atoms with Gasteiger partial charge in [-0.15, -0.1) is 0 Å². The van der Waals surface area contributed by atoms with Crippen molar-refractivity contribution in [3.8, 4) is 0 Å². The van der Waals surface area contributed by atoms with E-state index in [2.05, 4.69) is 15.9 Å². The highest BCUT2D eigenvalue weighted by Crippen LogP contribution is 2.26. The summed E-state index contributed by atoms with van der Waals surface area (Å²) in [6.45, 7) is 2.26. The van der Waals surface area contributed by atoms with E-state index in [4.69, 9.17) is 4.74 Å². The number of halogens is 1. The van der Waals surface area contributed by atoms with Gasteiger partial charge in [0.15, 0.2) is 0 Å². The first-order chi connectivity index (χ1) is 6.74.